The molecule has 1 aromatic carbocycles. The second kappa shape index (κ2) is 7.37. The predicted molar refractivity (Wildman–Crippen MR) is 92.9 cm³/mol. The van der Waals surface area contributed by atoms with Gasteiger partial charge in [-0.3, -0.25) is 4.79 Å². The van der Waals surface area contributed by atoms with Crippen LogP contribution in [0.25, 0.3) is 0 Å². The van der Waals surface area contributed by atoms with Gasteiger partial charge in [-0.1, -0.05) is 23.7 Å². The molecule has 134 valence electrons. The van der Waals surface area contributed by atoms with Crippen molar-refractivity contribution in [2.75, 3.05) is 31.1 Å². The highest BCUT2D eigenvalue weighted by Crippen LogP contribution is 2.19. The van der Waals surface area contributed by atoms with E-state index in [9.17, 15) is 9.18 Å². The Morgan fingerprint density at radius 1 is 1.36 bits per heavy atom. The van der Waals surface area contributed by atoms with Gasteiger partial charge in [-0.2, -0.15) is 0 Å². The van der Waals surface area contributed by atoms with E-state index < -0.39 is 11.9 Å². The fourth-order valence-electron chi connectivity index (χ4n) is 2.96. The minimum absolute atomic E-state index is 0.0365. The summed E-state index contributed by atoms with van der Waals surface area (Å²) in [6, 6.07) is 3.92. The van der Waals surface area contributed by atoms with E-state index in [4.69, 9.17) is 17.3 Å². The summed E-state index contributed by atoms with van der Waals surface area (Å²) in [6.07, 6.45) is 1.76. The fraction of sp³-hybridized carbons (Fsp3) is 0.438. The number of rotatable bonds is 4. The lowest BCUT2D eigenvalue weighted by atomic mass is 10.0. The Balaban J connectivity index is 1.58. The Morgan fingerprint density at radius 2 is 2.08 bits per heavy atom. The van der Waals surface area contributed by atoms with Gasteiger partial charge in [-0.25, -0.2) is 4.39 Å². The lowest BCUT2D eigenvalue weighted by Crippen LogP contribution is -2.54. The minimum Gasteiger partial charge on any atom is -0.338 e. The lowest BCUT2D eigenvalue weighted by molar-refractivity contribution is -0.132. The number of carbonyl (C=O) groups is 1. The van der Waals surface area contributed by atoms with Crippen molar-refractivity contribution in [3.05, 3.63) is 40.9 Å². The van der Waals surface area contributed by atoms with Gasteiger partial charge < -0.3 is 20.1 Å². The average molecular weight is 367 g/mol. The fourth-order valence-corrected chi connectivity index (χ4v) is 3.15. The first-order valence-electron chi connectivity index (χ1n) is 8.03. The van der Waals surface area contributed by atoms with Crippen LogP contribution < -0.4 is 10.6 Å². The van der Waals surface area contributed by atoms with Crippen molar-refractivity contribution >= 4 is 23.5 Å². The number of hydrogen-bond donors (Lipinski definition) is 1. The normalized spacial score (nSPS) is 16.2. The maximum atomic E-state index is 14.0. The van der Waals surface area contributed by atoms with E-state index >= 15 is 0 Å². The van der Waals surface area contributed by atoms with Crippen LogP contribution in [0.2, 0.25) is 5.02 Å². The number of halogens is 2. The zero-order chi connectivity index (χ0) is 18.0. The number of carbonyl (C=O) groups excluding carboxylic acids is 1. The lowest BCUT2D eigenvalue weighted by Gasteiger charge is -2.36. The first-order valence-corrected chi connectivity index (χ1v) is 8.41. The molecule has 1 saturated heterocycles. The smallest absolute Gasteiger partial charge is 0.239 e. The SMILES string of the molecule is Cn1cnnc1N1CCN(C(=O)C(N)Cc2cccc(Cl)c2F)CC1. The number of piperazine rings is 1. The van der Waals surface area contributed by atoms with E-state index in [2.05, 4.69) is 15.1 Å². The van der Waals surface area contributed by atoms with E-state index in [1.165, 1.54) is 6.07 Å². The van der Waals surface area contributed by atoms with Gasteiger partial charge in [0.25, 0.3) is 0 Å². The van der Waals surface area contributed by atoms with Crippen molar-refractivity contribution in [3.63, 3.8) is 0 Å². The van der Waals surface area contributed by atoms with Crippen molar-refractivity contribution in [2.45, 2.75) is 12.5 Å². The molecule has 2 aromatic rings. The van der Waals surface area contributed by atoms with Crippen molar-refractivity contribution in [3.8, 4) is 0 Å². The molecular formula is C16H20ClFN6O. The van der Waals surface area contributed by atoms with Crippen molar-refractivity contribution in [1.82, 2.24) is 19.7 Å². The van der Waals surface area contributed by atoms with Gasteiger partial charge in [0, 0.05) is 33.2 Å². The second-order valence-electron chi connectivity index (χ2n) is 6.08. The number of anilines is 1. The highest BCUT2D eigenvalue weighted by atomic mass is 35.5. The molecule has 0 saturated carbocycles. The third kappa shape index (κ3) is 3.74. The third-order valence-corrected chi connectivity index (χ3v) is 4.64. The number of hydrogen-bond acceptors (Lipinski definition) is 5. The summed E-state index contributed by atoms with van der Waals surface area (Å²) in [5.74, 6) is 0.0777. The van der Waals surface area contributed by atoms with Gasteiger partial charge in [0.15, 0.2) is 0 Å². The van der Waals surface area contributed by atoms with E-state index in [0.717, 1.165) is 5.95 Å². The number of aryl methyl sites for hydroxylation is 1. The van der Waals surface area contributed by atoms with Crippen LogP contribution in [-0.4, -0.2) is 57.8 Å². The highest BCUT2D eigenvalue weighted by Gasteiger charge is 2.27. The van der Waals surface area contributed by atoms with E-state index in [1.54, 1.807) is 23.4 Å². The topological polar surface area (TPSA) is 80.3 Å². The molecule has 0 aliphatic carbocycles. The Hall–Kier alpha value is -2.19. The molecule has 0 radical (unpaired) electrons. The molecular weight excluding hydrogens is 347 g/mol. The van der Waals surface area contributed by atoms with E-state index in [1.807, 2.05) is 11.6 Å². The molecule has 2 N–H and O–H groups in total. The first-order chi connectivity index (χ1) is 12.0. The molecule has 1 aliphatic rings. The zero-order valence-electron chi connectivity index (χ0n) is 13.9. The summed E-state index contributed by atoms with van der Waals surface area (Å²) >= 11 is 5.77. The average Bonchev–Trinajstić information content (AvgIpc) is 3.04. The molecule has 25 heavy (non-hydrogen) atoms. The number of benzene rings is 1. The Labute approximate surface area is 150 Å². The minimum atomic E-state index is -0.797. The molecule has 3 rings (SSSR count). The van der Waals surface area contributed by atoms with Crippen LogP contribution in [0.5, 0.6) is 0 Å². The van der Waals surface area contributed by atoms with Gasteiger partial charge >= 0.3 is 0 Å². The molecule has 1 atom stereocenters. The van der Waals surface area contributed by atoms with Crippen LogP contribution in [0.4, 0.5) is 10.3 Å². The van der Waals surface area contributed by atoms with Crippen LogP contribution in [0.1, 0.15) is 5.56 Å². The molecule has 1 aromatic heterocycles. The standard InChI is InChI=1S/C16H20ClFN6O/c1-22-10-20-21-16(22)24-7-5-23(6-8-24)15(25)13(19)9-11-3-2-4-12(17)14(11)18/h2-4,10,13H,5-9,19H2,1H3. The van der Waals surface area contributed by atoms with Crippen molar-refractivity contribution in [1.29, 1.82) is 0 Å². The Kier molecular flexibility index (Phi) is 5.19. The van der Waals surface area contributed by atoms with Gasteiger partial charge in [0.2, 0.25) is 11.9 Å². The molecule has 1 fully saturated rings. The zero-order valence-corrected chi connectivity index (χ0v) is 14.7. The summed E-state index contributed by atoms with van der Waals surface area (Å²) in [4.78, 5) is 16.3. The summed E-state index contributed by atoms with van der Waals surface area (Å²) in [5, 5.41) is 7.98. The number of nitrogens with zero attached hydrogens (tertiary/aromatic N) is 5. The Morgan fingerprint density at radius 3 is 2.72 bits per heavy atom. The van der Waals surface area contributed by atoms with E-state index in [-0.39, 0.29) is 17.4 Å². The molecule has 9 heteroatoms. The molecule has 1 amide bonds. The van der Waals surface area contributed by atoms with Crippen LogP contribution in [0, 0.1) is 5.82 Å². The van der Waals surface area contributed by atoms with Crippen LogP contribution in [0.15, 0.2) is 24.5 Å². The maximum Gasteiger partial charge on any atom is 0.239 e. The molecule has 1 unspecified atom stereocenters. The van der Waals surface area contributed by atoms with Crippen molar-refractivity contribution < 1.29 is 9.18 Å². The van der Waals surface area contributed by atoms with Gasteiger partial charge in [-0.15, -0.1) is 10.2 Å². The van der Waals surface area contributed by atoms with E-state index in [0.29, 0.717) is 31.7 Å². The second-order valence-corrected chi connectivity index (χ2v) is 6.48. The summed E-state index contributed by atoms with van der Waals surface area (Å²) in [6.45, 7) is 2.38. The predicted octanol–water partition coefficient (Wildman–Crippen LogP) is 0.826. The maximum absolute atomic E-state index is 14.0. The monoisotopic (exact) mass is 366 g/mol. The quantitative estimate of drug-likeness (QED) is 0.866. The summed E-state index contributed by atoms with van der Waals surface area (Å²) < 4.78 is 15.8. The van der Waals surface area contributed by atoms with Crippen LogP contribution >= 0.6 is 11.6 Å². The molecule has 2 heterocycles. The molecule has 0 bridgehead atoms. The van der Waals surface area contributed by atoms with Gasteiger partial charge in [-0.05, 0) is 18.1 Å². The molecule has 0 spiro atoms. The van der Waals surface area contributed by atoms with Gasteiger partial charge in [0.05, 0.1) is 11.1 Å². The third-order valence-electron chi connectivity index (χ3n) is 4.35. The van der Waals surface area contributed by atoms with Crippen LogP contribution in [-0.2, 0) is 18.3 Å². The first kappa shape index (κ1) is 17.6. The van der Waals surface area contributed by atoms with Crippen molar-refractivity contribution in [2.24, 2.45) is 12.8 Å². The largest absolute Gasteiger partial charge is 0.338 e. The molecule has 1 aliphatic heterocycles. The van der Waals surface area contributed by atoms with Gasteiger partial charge in [0.1, 0.15) is 12.1 Å². The number of amides is 1. The Bertz CT molecular complexity index is 759. The van der Waals surface area contributed by atoms with Crippen LogP contribution in [0.3, 0.4) is 0 Å². The molecule has 7 nitrogen and oxygen atoms in total. The highest BCUT2D eigenvalue weighted by molar-refractivity contribution is 6.30. The summed E-state index contributed by atoms with van der Waals surface area (Å²) in [5.41, 5.74) is 6.36. The number of nitrogens with two attached hydrogens (primary N) is 1. The summed E-state index contributed by atoms with van der Waals surface area (Å²) in [7, 11) is 1.88. The number of aromatic nitrogens is 3.